The van der Waals surface area contributed by atoms with Crippen molar-refractivity contribution in [2.75, 3.05) is 0 Å². The summed E-state index contributed by atoms with van der Waals surface area (Å²) in [5.74, 6) is 0. The zero-order valence-corrected chi connectivity index (χ0v) is 16.3. The summed E-state index contributed by atoms with van der Waals surface area (Å²) in [6, 6.07) is 17.8. The summed E-state index contributed by atoms with van der Waals surface area (Å²) in [7, 11) is 0. The van der Waals surface area contributed by atoms with Gasteiger partial charge in [-0.2, -0.15) is 0 Å². The summed E-state index contributed by atoms with van der Waals surface area (Å²) < 4.78 is 0. The molecule has 0 radical (unpaired) electrons. The summed E-state index contributed by atoms with van der Waals surface area (Å²) in [6.07, 6.45) is 21.0. The molecule has 0 atom stereocenters. The second-order valence-electron chi connectivity index (χ2n) is 6.57. The van der Waals surface area contributed by atoms with Crippen LogP contribution in [0.5, 0.6) is 0 Å². The molecule has 0 aromatic carbocycles. The molecule has 0 spiro atoms. The summed E-state index contributed by atoms with van der Waals surface area (Å²) in [4.78, 5) is 17.3. The van der Waals surface area contributed by atoms with Crippen LogP contribution in [-0.4, -0.2) is 19.9 Å². The smallest absolute Gasteiger partial charge is 0.0630 e. The van der Waals surface area contributed by atoms with Crippen molar-refractivity contribution < 1.29 is 0 Å². The Balaban J connectivity index is 1.36. The highest BCUT2D eigenvalue weighted by molar-refractivity contribution is 5.71. The van der Waals surface area contributed by atoms with Crippen molar-refractivity contribution in [3.63, 3.8) is 0 Å². The lowest BCUT2D eigenvalue weighted by Crippen LogP contribution is -1.83. The quantitative estimate of drug-likeness (QED) is 0.420. The lowest BCUT2D eigenvalue weighted by Gasteiger charge is -1.98. The molecule has 0 bridgehead atoms. The molecule has 0 unspecified atom stereocenters. The molecule has 0 saturated carbocycles. The van der Waals surface area contributed by atoms with E-state index in [2.05, 4.69) is 19.9 Å². The Kier molecular flexibility index (Phi) is 6.28. The van der Waals surface area contributed by atoms with Gasteiger partial charge in [-0.15, -0.1) is 0 Å². The highest BCUT2D eigenvalue weighted by atomic mass is 14.7. The maximum atomic E-state index is 4.49. The average Bonchev–Trinajstić information content (AvgIpc) is 2.83. The third-order valence-electron chi connectivity index (χ3n) is 4.33. The van der Waals surface area contributed by atoms with E-state index >= 15 is 0 Å². The van der Waals surface area contributed by atoms with Crippen LogP contribution in [0.2, 0.25) is 0 Å². The highest BCUT2D eigenvalue weighted by Gasteiger charge is 1.94. The van der Waals surface area contributed by atoms with E-state index in [0.717, 1.165) is 33.8 Å². The first-order valence-electron chi connectivity index (χ1n) is 9.63. The molecule has 4 aromatic rings. The van der Waals surface area contributed by atoms with E-state index in [9.17, 15) is 0 Å². The predicted molar refractivity (Wildman–Crippen MR) is 124 cm³/mol. The highest BCUT2D eigenvalue weighted by Crippen LogP contribution is 2.11. The van der Waals surface area contributed by atoms with Crippen LogP contribution in [0, 0.1) is 0 Å². The number of rotatable bonds is 6. The van der Waals surface area contributed by atoms with Crippen LogP contribution in [0.3, 0.4) is 0 Å². The summed E-state index contributed by atoms with van der Waals surface area (Å²) in [5, 5.41) is 0. The van der Waals surface area contributed by atoms with Crippen molar-refractivity contribution in [2.24, 2.45) is 0 Å². The number of hydrogen-bond acceptors (Lipinski definition) is 4. The first kappa shape index (κ1) is 19.2. The van der Waals surface area contributed by atoms with E-state index in [4.69, 9.17) is 0 Å². The van der Waals surface area contributed by atoms with Crippen LogP contribution in [0.15, 0.2) is 85.6 Å². The number of aromatic nitrogens is 4. The molecule has 0 aliphatic heterocycles. The molecule has 4 rings (SSSR count). The van der Waals surface area contributed by atoms with Crippen LogP contribution >= 0.6 is 0 Å². The van der Waals surface area contributed by atoms with E-state index in [1.54, 1.807) is 12.4 Å². The van der Waals surface area contributed by atoms with Gasteiger partial charge < -0.3 is 0 Å². The van der Waals surface area contributed by atoms with Gasteiger partial charge in [0.25, 0.3) is 0 Å². The van der Waals surface area contributed by atoms with Crippen LogP contribution in [0.25, 0.3) is 36.5 Å². The van der Waals surface area contributed by atoms with Crippen molar-refractivity contribution in [3.05, 3.63) is 119 Å². The lowest BCUT2D eigenvalue weighted by atomic mass is 10.2. The van der Waals surface area contributed by atoms with Crippen molar-refractivity contribution >= 4 is 36.5 Å². The Morgan fingerprint density at radius 1 is 0.433 bits per heavy atom. The van der Waals surface area contributed by atoms with Gasteiger partial charge in [-0.05, 0) is 65.3 Å². The molecule has 4 nitrogen and oxygen atoms in total. The number of pyridine rings is 4. The maximum absolute atomic E-state index is 4.49. The van der Waals surface area contributed by atoms with Gasteiger partial charge in [-0.25, -0.2) is 0 Å². The molecule has 30 heavy (non-hydrogen) atoms. The van der Waals surface area contributed by atoms with E-state index in [1.165, 1.54) is 0 Å². The molecule has 4 aromatic heterocycles. The van der Waals surface area contributed by atoms with Gasteiger partial charge in [-0.3, -0.25) is 19.9 Å². The Morgan fingerprint density at radius 3 is 1.50 bits per heavy atom. The topological polar surface area (TPSA) is 51.6 Å². The summed E-state index contributed by atoms with van der Waals surface area (Å²) >= 11 is 0. The third kappa shape index (κ3) is 5.66. The van der Waals surface area contributed by atoms with Crippen molar-refractivity contribution in [1.29, 1.82) is 0 Å². The first-order valence-corrected chi connectivity index (χ1v) is 9.63. The minimum absolute atomic E-state index is 0.894. The monoisotopic (exact) mass is 388 g/mol. The molecule has 0 aliphatic carbocycles. The molecule has 0 amide bonds. The van der Waals surface area contributed by atoms with Gasteiger partial charge in [0.2, 0.25) is 0 Å². The minimum atomic E-state index is 0.894. The standard InChI is InChI=1S/C26H20N4/c1-2-17-28-24(5-1)11-7-22-8-14-26(30-19-22)15-10-23-9-13-25(29-20-23)12-6-21-4-3-16-27-18-21/h1-20H/b11-7+,12-6+,15-10+. The average molecular weight is 388 g/mol. The van der Waals surface area contributed by atoms with E-state index in [0.29, 0.717) is 0 Å². The van der Waals surface area contributed by atoms with Gasteiger partial charge in [0, 0.05) is 31.0 Å². The van der Waals surface area contributed by atoms with Gasteiger partial charge in [0.05, 0.1) is 17.1 Å². The number of nitrogens with zero attached hydrogens (tertiary/aromatic N) is 4. The fourth-order valence-electron chi connectivity index (χ4n) is 2.72. The molecule has 0 N–H and O–H groups in total. The molecule has 4 heteroatoms. The second-order valence-corrected chi connectivity index (χ2v) is 6.57. The molecule has 0 fully saturated rings. The Morgan fingerprint density at radius 2 is 1.03 bits per heavy atom. The van der Waals surface area contributed by atoms with Crippen LogP contribution in [0.4, 0.5) is 0 Å². The van der Waals surface area contributed by atoms with Crippen LogP contribution < -0.4 is 0 Å². The van der Waals surface area contributed by atoms with Gasteiger partial charge in [0.1, 0.15) is 0 Å². The molecular formula is C26H20N4. The normalized spacial score (nSPS) is 11.6. The van der Waals surface area contributed by atoms with Crippen molar-refractivity contribution in [1.82, 2.24) is 19.9 Å². The fourth-order valence-corrected chi connectivity index (χ4v) is 2.72. The SMILES string of the molecule is C(=C\c1ccc(/C=C/c2ccc(/C=C/c3ccccn3)cn2)cn1)/c1cccnc1. The Labute approximate surface area is 176 Å². The fraction of sp³-hybridized carbons (Fsp3) is 0. The summed E-state index contributed by atoms with van der Waals surface area (Å²) in [6.45, 7) is 0. The molecule has 0 aliphatic rings. The zero-order valence-electron chi connectivity index (χ0n) is 16.3. The summed E-state index contributed by atoms with van der Waals surface area (Å²) in [5.41, 5.74) is 5.82. The van der Waals surface area contributed by atoms with Gasteiger partial charge >= 0.3 is 0 Å². The van der Waals surface area contributed by atoms with E-state index in [-0.39, 0.29) is 0 Å². The van der Waals surface area contributed by atoms with E-state index < -0.39 is 0 Å². The van der Waals surface area contributed by atoms with Crippen LogP contribution in [-0.2, 0) is 0 Å². The second kappa shape index (κ2) is 9.85. The zero-order chi connectivity index (χ0) is 20.4. The maximum Gasteiger partial charge on any atom is 0.0630 e. The molecular weight excluding hydrogens is 368 g/mol. The van der Waals surface area contributed by atoms with Crippen LogP contribution in [0.1, 0.15) is 33.8 Å². The third-order valence-corrected chi connectivity index (χ3v) is 4.33. The van der Waals surface area contributed by atoms with Crippen molar-refractivity contribution in [3.8, 4) is 0 Å². The Bertz CT molecular complexity index is 1050. The molecule has 0 saturated heterocycles. The van der Waals surface area contributed by atoms with Gasteiger partial charge in [0.15, 0.2) is 0 Å². The minimum Gasteiger partial charge on any atom is -0.264 e. The van der Waals surface area contributed by atoms with E-state index in [1.807, 2.05) is 110 Å². The predicted octanol–water partition coefficient (Wildman–Crippen LogP) is 5.78. The first-order chi connectivity index (χ1) is 14.8. The molecule has 144 valence electrons. The Hall–Kier alpha value is -4.18. The largest absolute Gasteiger partial charge is 0.264 e. The number of hydrogen-bond donors (Lipinski definition) is 0. The lowest BCUT2D eigenvalue weighted by molar-refractivity contribution is 1.28. The van der Waals surface area contributed by atoms with Gasteiger partial charge in [-0.1, -0.05) is 42.5 Å². The molecule has 4 heterocycles. The van der Waals surface area contributed by atoms with Crippen molar-refractivity contribution in [2.45, 2.75) is 0 Å².